The number of para-hydroxylation sites is 1. The highest BCUT2D eigenvalue weighted by Gasteiger charge is 2.27. The van der Waals surface area contributed by atoms with Gasteiger partial charge >= 0.3 is 0 Å². The number of benzene rings is 3. The molecule has 1 aliphatic heterocycles. The molecule has 4 aromatic rings. The van der Waals surface area contributed by atoms with Crippen LogP contribution in [-0.4, -0.2) is 41.5 Å². The van der Waals surface area contributed by atoms with Gasteiger partial charge in [0.15, 0.2) is 5.69 Å². The van der Waals surface area contributed by atoms with Gasteiger partial charge < -0.3 is 5.32 Å². The van der Waals surface area contributed by atoms with Crippen LogP contribution in [0.1, 0.15) is 23.3 Å². The highest BCUT2D eigenvalue weighted by molar-refractivity contribution is 7.89. The number of carbonyl (C=O) groups is 1. The van der Waals surface area contributed by atoms with E-state index in [4.69, 9.17) is 0 Å². The van der Waals surface area contributed by atoms with E-state index in [-0.39, 0.29) is 16.1 Å². The molecule has 0 atom stereocenters. The molecule has 0 unspecified atom stereocenters. The Labute approximate surface area is 196 Å². The highest BCUT2D eigenvalue weighted by Crippen LogP contribution is 2.23. The second kappa shape index (κ2) is 8.85. The molecule has 0 spiro atoms. The number of rotatable bonds is 5. The second-order valence-electron chi connectivity index (χ2n) is 8.04. The van der Waals surface area contributed by atoms with E-state index in [2.05, 4.69) is 10.4 Å². The standard InChI is InChI=1S/C25H22N4O4S/c30-24(26-18-12-14-20(15-13-18)34(32,33)28-16-6-7-17-28)23-21-10-4-5-11-22(21)25(31)29(27-23)19-8-2-1-3-9-19/h1-5,8-15H,6-7,16-17H2,(H,26,30). The van der Waals surface area contributed by atoms with Crippen molar-refractivity contribution in [2.24, 2.45) is 0 Å². The molecule has 1 N–H and O–H groups in total. The van der Waals surface area contributed by atoms with E-state index in [9.17, 15) is 18.0 Å². The summed E-state index contributed by atoms with van der Waals surface area (Å²) in [5.41, 5.74) is 0.736. The maximum Gasteiger partial charge on any atom is 0.279 e. The fourth-order valence-electron chi connectivity index (χ4n) is 4.08. The SMILES string of the molecule is O=C(Nc1ccc(S(=O)(=O)N2CCCC2)cc1)c1nn(-c2ccccc2)c(=O)c2ccccc12. The molecule has 1 aliphatic rings. The number of nitrogens with zero attached hydrogens (tertiary/aromatic N) is 3. The number of fused-ring (bicyclic) bond motifs is 1. The molecule has 0 radical (unpaired) electrons. The Morgan fingerprint density at radius 3 is 2.12 bits per heavy atom. The van der Waals surface area contributed by atoms with Gasteiger partial charge in [-0.2, -0.15) is 14.1 Å². The van der Waals surface area contributed by atoms with E-state index >= 15 is 0 Å². The molecule has 1 amide bonds. The summed E-state index contributed by atoms with van der Waals surface area (Å²) in [6.45, 7) is 1.05. The fraction of sp³-hybridized carbons (Fsp3) is 0.160. The van der Waals surface area contributed by atoms with Crippen molar-refractivity contribution in [2.75, 3.05) is 18.4 Å². The zero-order chi connectivity index (χ0) is 23.7. The fourth-order valence-corrected chi connectivity index (χ4v) is 5.60. The van der Waals surface area contributed by atoms with E-state index in [0.717, 1.165) is 12.8 Å². The van der Waals surface area contributed by atoms with Crippen LogP contribution in [0.15, 0.2) is 88.6 Å². The van der Waals surface area contributed by atoms with Crippen molar-refractivity contribution in [2.45, 2.75) is 17.7 Å². The third kappa shape index (κ3) is 4.00. The van der Waals surface area contributed by atoms with Gasteiger partial charge in [-0.1, -0.05) is 36.4 Å². The molecule has 5 rings (SSSR count). The summed E-state index contributed by atoms with van der Waals surface area (Å²) >= 11 is 0. The molecule has 0 saturated carbocycles. The number of carbonyl (C=O) groups excluding carboxylic acids is 1. The third-order valence-electron chi connectivity index (χ3n) is 5.84. The summed E-state index contributed by atoms with van der Waals surface area (Å²) in [6.07, 6.45) is 1.72. The van der Waals surface area contributed by atoms with Crippen molar-refractivity contribution in [3.63, 3.8) is 0 Å². The number of amides is 1. The lowest BCUT2D eigenvalue weighted by Crippen LogP contribution is -2.28. The Kier molecular flexibility index (Phi) is 5.72. The van der Waals surface area contributed by atoms with Crippen LogP contribution in [-0.2, 0) is 10.0 Å². The zero-order valence-corrected chi connectivity index (χ0v) is 19.0. The molecule has 2 heterocycles. The van der Waals surface area contributed by atoms with Crippen molar-refractivity contribution in [3.05, 3.63) is 94.9 Å². The van der Waals surface area contributed by atoms with Gasteiger partial charge in [-0.25, -0.2) is 8.42 Å². The highest BCUT2D eigenvalue weighted by atomic mass is 32.2. The number of aromatic nitrogens is 2. The predicted molar refractivity (Wildman–Crippen MR) is 130 cm³/mol. The van der Waals surface area contributed by atoms with Gasteiger partial charge in [0.2, 0.25) is 10.0 Å². The maximum absolute atomic E-state index is 13.2. The first-order valence-corrected chi connectivity index (χ1v) is 12.4. The van der Waals surface area contributed by atoms with Crippen molar-refractivity contribution in [3.8, 4) is 5.69 Å². The molecule has 0 aliphatic carbocycles. The van der Waals surface area contributed by atoms with Crippen LogP contribution >= 0.6 is 0 Å². The molecule has 1 saturated heterocycles. The molecule has 1 fully saturated rings. The van der Waals surface area contributed by atoms with Gasteiger partial charge in [-0.05, 0) is 55.3 Å². The van der Waals surface area contributed by atoms with E-state index < -0.39 is 15.9 Å². The minimum absolute atomic E-state index is 0.0906. The number of anilines is 1. The van der Waals surface area contributed by atoms with Gasteiger partial charge in [0, 0.05) is 24.2 Å². The van der Waals surface area contributed by atoms with Crippen molar-refractivity contribution >= 4 is 32.4 Å². The van der Waals surface area contributed by atoms with E-state index in [0.29, 0.717) is 35.2 Å². The van der Waals surface area contributed by atoms with Crippen molar-refractivity contribution < 1.29 is 13.2 Å². The normalized spacial score (nSPS) is 14.4. The summed E-state index contributed by atoms with van der Waals surface area (Å²) in [5.74, 6) is -0.504. The predicted octanol–water partition coefficient (Wildman–Crippen LogP) is 3.42. The maximum atomic E-state index is 13.2. The minimum atomic E-state index is -3.54. The first kappa shape index (κ1) is 22.0. The van der Waals surface area contributed by atoms with Crippen LogP contribution in [0.2, 0.25) is 0 Å². The number of hydrogen-bond acceptors (Lipinski definition) is 5. The van der Waals surface area contributed by atoms with Crippen LogP contribution in [0.5, 0.6) is 0 Å². The molecule has 3 aromatic carbocycles. The average Bonchev–Trinajstić information content (AvgIpc) is 3.41. The molecule has 172 valence electrons. The minimum Gasteiger partial charge on any atom is -0.321 e. The van der Waals surface area contributed by atoms with E-state index in [1.807, 2.05) is 6.07 Å². The van der Waals surface area contributed by atoms with Crippen LogP contribution in [0.4, 0.5) is 5.69 Å². The Balaban J connectivity index is 1.48. The summed E-state index contributed by atoms with van der Waals surface area (Å²) in [6, 6.07) is 21.8. The van der Waals surface area contributed by atoms with Crippen molar-refractivity contribution in [1.29, 1.82) is 0 Å². The quantitative estimate of drug-likeness (QED) is 0.478. The van der Waals surface area contributed by atoms with Gasteiger partial charge in [0.05, 0.1) is 16.0 Å². The monoisotopic (exact) mass is 474 g/mol. The van der Waals surface area contributed by atoms with Gasteiger partial charge in [0.1, 0.15) is 0 Å². The van der Waals surface area contributed by atoms with E-state index in [1.54, 1.807) is 60.7 Å². The summed E-state index contributed by atoms with van der Waals surface area (Å²) in [5, 5.41) is 7.95. The largest absolute Gasteiger partial charge is 0.321 e. The first-order chi connectivity index (χ1) is 16.4. The van der Waals surface area contributed by atoms with Crippen LogP contribution in [0.25, 0.3) is 16.5 Å². The lowest BCUT2D eigenvalue weighted by Gasteiger charge is -2.16. The molecule has 0 bridgehead atoms. The lowest BCUT2D eigenvalue weighted by molar-refractivity contribution is 0.102. The number of sulfonamides is 1. The van der Waals surface area contributed by atoms with Crippen LogP contribution < -0.4 is 10.9 Å². The topological polar surface area (TPSA) is 101 Å². The smallest absolute Gasteiger partial charge is 0.279 e. The first-order valence-electron chi connectivity index (χ1n) is 10.9. The molecule has 9 heteroatoms. The second-order valence-corrected chi connectivity index (χ2v) is 9.97. The molecular formula is C25H22N4O4S. The Hall–Kier alpha value is -3.82. The Morgan fingerprint density at radius 2 is 1.44 bits per heavy atom. The van der Waals surface area contributed by atoms with E-state index in [1.165, 1.54) is 21.1 Å². The average molecular weight is 475 g/mol. The lowest BCUT2D eigenvalue weighted by atomic mass is 10.1. The third-order valence-corrected chi connectivity index (χ3v) is 7.75. The molecule has 8 nitrogen and oxygen atoms in total. The number of nitrogens with one attached hydrogen (secondary N) is 1. The van der Waals surface area contributed by atoms with Crippen LogP contribution in [0.3, 0.4) is 0 Å². The zero-order valence-electron chi connectivity index (χ0n) is 18.2. The Morgan fingerprint density at radius 1 is 0.824 bits per heavy atom. The summed E-state index contributed by atoms with van der Waals surface area (Å²) < 4.78 is 28.2. The van der Waals surface area contributed by atoms with Gasteiger partial charge in [0.25, 0.3) is 11.5 Å². The number of hydrogen-bond donors (Lipinski definition) is 1. The van der Waals surface area contributed by atoms with Crippen molar-refractivity contribution in [1.82, 2.24) is 14.1 Å². The van der Waals surface area contributed by atoms with Crippen LogP contribution in [0, 0.1) is 0 Å². The summed E-state index contributed by atoms with van der Waals surface area (Å²) in [4.78, 5) is 26.4. The molecule has 1 aromatic heterocycles. The molecule has 34 heavy (non-hydrogen) atoms. The van der Waals surface area contributed by atoms with Gasteiger partial charge in [-0.3, -0.25) is 9.59 Å². The van der Waals surface area contributed by atoms with Gasteiger partial charge in [-0.15, -0.1) is 0 Å². The summed E-state index contributed by atoms with van der Waals surface area (Å²) in [7, 11) is -3.54. The molecular weight excluding hydrogens is 452 g/mol. The Bertz CT molecular complexity index is 1530.